The quantitative estimate of drug-likeness (QED) is 0.142. The third kappa shape index (κ3) is 6.08. The van der Waals surface area contributed by atoms with Crippen LogP contribution in [0.4, 0.5) is 5.69 Å². The van der Waals surface area contributed by atoms with E-state index in [0.717, 1.165) is 11.1 Å². The van der Waals surface area contributed by atoms with Crippen LogP contribution in [0, 0.1) is 21.4 Å². The number of hydrogen-bond acceptors (Lipinski definition) is 6. The van der Waals surface area contributed by atoms with Crippen molar-refractivity contribution in [3.05, 3.63) is 99.6 Å². The van der Waals surface area contributed by atoms with Crippen LogP contribution in [-0.2, 0) is 16.0 Å². The van der Waals surface area contributed by atoms with E-state index < -0.39 is 28.8 Å². The summed E-state index contributed by atoms with van der Waals surface area (Å²) in [4.78, 5) is 36.7. The second-order valence-corrected chi connectivity index (χ2v) is 8.07. The number of carbonyl (C=O) groups excluding carboxylic acids is 2. The first-order chi connectivity index (χ1) is 16.7. The number of nitro benzene ring substituents is 1. The molecule has 0 aromatic heterocycles. The van der Waals surface area contributed by atoms with Crippen LogP contribution in [0.1, 0.15) is 28.4 Å². The topological polar surface area (TPSA) is 148 Å². The van der Waals surface area contributed by atoms with Gasteiger partial charge in [0.05, 0.1) is 18.0 Å². The van der Waals surface area contributed by atoms with E-state index in [4.69, 9.17) is 15.9 Å². The SMILES string of the molecule is COC(=O)[C@H](Cc1cccc(C(=N)N)c1)[C@@H](C)NC(=O)c1ccc(-c2ccccc2)cc1[N+](=O)[O-]. The molecule has 35 heavy (non-hydrogen) atoms. The third-order valence-electron chi connectivity index (χ3n) is 5.71. The van der Waals surface area contributed by atoms with E-state index in [1.165, 1.54) is 19.2 Å². The lowest BCUT2D eigenvalue weighted by Crippen LogP contribution is -2.43. The molecule has 9 nitrogen and oxygen atoms in total. The van der Waals surface area contributed by atoms with Gasteiger partial charge in [0.2, 0.25) is 0 Å². The predicted molar refractivity (Wildman–Crippen MR) is 132 cm³/mol. The Balaban J connectivity index is 1.85. The average molecular weight is 475 g/mol. The van der Waals surface area contributed by atoms with Gasteiger partial charge in [0.15, 0.2) is 0 Å². The van der Waals surface area contributed by atoms with Crippen LogP contribution in [0.3, 0.4) is 0 Å². The smallest absolute Gasteiger partial charge is 0.311 e. The minimum Gasteiger partial charge on any atom is -0.469 e. The number of ether oxygens (including phenoxy) is 1. The van der Waals surface area contributed by atoms with Crippen molar-refractivity contribution >= 4 is 23.4 Å². The number of hydrogen-bond donors (Lipinski definition) is 3. The first-order valence-electron chi connectivity index (χ1n) is 10.9. The molecular weight excluding hydrogens is 448 g/mol. The summed E-state index contributed by atoms with van der Waals surface area (Å²) in [7, 11) is 1.25. The molecule has 4 N–H and O–H groups in total. The number of amides is 1. The van der Waals surface area contributed by atoms with Crippen LogP contribution in [0.5, 0.6) is 0 Å². The molecule has 0 aliphatic carbocycles. The summed E-state index contributed by atoms with van der Waals surface area (Å²) >= 11 is 0. The molecule has 0 saturated heterocycles. The van der Waals surface area contributed by atoms with Crippen LogP contribution in [0.25, 0.3) is 11.1 Å². The molecule has 2 atom stereocenters. The predicted octanol–water partition coefficient (Wildman–Crippen LogP) is 3.70. The zero-order valence-electron chi connectivity index (χ0n) is 19.4. The number of benzene rings is 3. The first-order valence-corrected chi connectivity index (χ1v) is 10.9. The lowest BCUT2D eigenvalue weighted by atomic mass is 9.92. The number of nitrogens with zero attached hydrogens (tertiary/aromatic N) is 1. The highest BCUT2D eigenvalue weighted by Crippen LogP contribution is 2.27. The number of nitrogen functional groups attached to an aromatic ring is 1. The fourth-order valence-corrected chi connectivity index (χ4v) is 3.81. The number of nitrogens with two attached hydrogens (primary N) is 1. The van der Waals surface area contributed by atoms with E-state index in [9.17, 15) is 19.7 Å². The number of carbonyl (C=O) groups is 2. The third-order valence-corrected chi connectivity index (χ3v) is 5.71. The van der Waals surface area contributed by atoms with Crippen molar-refractivity contribution in [3.8, 4) is 11.1 Å². The summed E-state index contributed by atoms with van der Waals surface area (Å²) in [5, 5.41) is 22.1. The lowest BCUT2D eigenvalue weighted by Gasteiger charge is -2.23. The molecule has 0 unspecified atom stereocenters. The molecule has 0 aliphatic rings. The minimum absolute atomic E-state index is 0.103. The molecule has 0 bridgehead atoms. The Hall–Kier alpha value is -4.53. The highest BCUT2D eigenvalue weighted by molar-refractivity contribution is 5.99. The number of esters is 1. The van der Waals surface area contributed by atoms with Crippen LogP contribution < -0.4 is 11.1 Å². The summed E-state index contributed by atoms with van der Waals surface area (Å²) < 4.78 is 4.93. The zero-order valence-corrected chi connectivity index (χ0v) is 19.4. The molecule has 3 rings (SSSR count). The zero-order chi connectivity index (χ0) is 25.5. The van der Waals surface area contributed by atoms with Gasteiger partial charge in [-0.25, -0.2) is 0 Å². The van der Waals surface area contributed by atoms with Crippen molar-refractivity contribution < 1.29 is 19.2 Å². The Morgan fingerprint density at radius 3 is 2.40 bits per heavy atom. The van der Waals surface area contributed by atoms with Gasteiger partial charge >= 0.3 is 5.97 Å². The van der Waals surface area contributed by atoms with Gasteiger partial charge in [0.25, 0.3) is 11.6 Å². The summed E-state index contributed by atoms with van der Waals surface area (Å²) in [5.41, 5.74) is 7.75. The standard InChI is InChI=1S/C26H26N4O5/c1-16(22(26(32)35-2)14-17-7-6-10-20(13-17)24(27)28)29-25(31)21-12-11-19(15-23(21)30(33)34)18-8-4-3-5-9-18/h3-13,15-16,22H,14H2,1-2H3,(H3,27,28)(H,29,31)/t16-,22-/m1/s1. The Labute approximate surface area is 202 Å². The maximum atomic E-state index is 13.0. The Bertz CT molecular complexity index is 1260. The lowest BCUT2D eigenvalue weighted by molar-refractivity contribution is -0.385. The molecule has 3 aromatic rings. The fourth-order valence-electron chi connectivity index (χ4n) is 3.81. The maximum Gasteiger partial charge on any atom is 0.311 e. The molecule has 0 aliphatic heterocycles. The highest BCUT2D eigenvalue weighted by Gasteiger charge is 2.30. The normalized spacial score (nSPS) is 12.3. The largest absolute Gasteiger partial charge is 0.469 e. The van der Waals surface area contributed by atoms with E-state index in [1.54, 1.807) is 37.3 Å². The van der Waals surface area contributed by atoms with Crippen molar-refractivity contribution in [1.82, 2.24) is 5.32 Å². The molecule has 0 fully saturated rings. The highest BCUT2D eigenvalue weighted by atomic mass is 16.6. The molecule has 0 heterocycles. The summed E-state index contributed by atoms with van der Waals surface area (Å²) in [6.45, 7) is 1.64. The maximum absolute atomic E-state index is 13.0. The Morgan fingerprint density at radius 1 is 1.06 bits per heavy atom. The number of nitro groups is 1. The van der Waals surface area contributed by atoms with Crippen LogP contribution >= 0.6 is 0 Å². The van der Waals surface area contributed by atoms with Crippen molar-refractivity contribution in [1.29, 1.82) is 5.41 Å². The fraction of sp³-hybridized carbons (Fsp3) is 0.192. The number of rotatable bonds is 9. The van der Waals surface area contributed by atoms with Crippen molar-refractivity contribution in [2.75, 3.05) is 7.11 Å². The molecule has 180 valence electrons. The number of methoxy groups -OCH3 is 1. The summed E-state index contributed by atoms with van der Waals surface area (Å²) in [6, 6.07) is 19.7. The van der Waals surface area contributed by atoms with E-state index in [-0.39, 0.29) is 23.5 Å². The Kier molecular flexibility index (Phi) is 7.93. The van der Waals surface area contributed by atoms with Crippen LogP contribution in [-0.4, -0.2) is 35.8 Å². The summed E-state index contributed by atoms with van der Waals surface area (Å²) in [5.74, 6) is -2.09. The van der Waals surface area contributed by atoms with Gasteiger partial charge in [0.1, 0.15) is 11.4 Å². The minimum atomic E-state index is -0.770. The van der Waals surface area contributed by atoms with Gasteiger partial charge in [-0.1, -0.05) is 54.6 Å². The van der Waals surface area contributed by atoms with Gasteiger partial charge in [-0.3, -0.25) is 25.1 Å². The molecule has 9 heteroatoms. The second-order valence-electron chi connectivity index (χ2n) is 8.07. The molecule has 0 spiro atoms. The summed E-state index contributed by atoms with van der Waals surface area (Å²) in [6.07, 6.45) is 0.213. The van der Waals surface area contributed by atoms with Crippen molar-refractivity contribution in [2.24, 2.45) is 11.7 Å². The molecule has 0 saturated carbocycles. The monoisotopic (exact) mass is 474 g/mol. The van der Waals surface area contributed by atoms with E-state index >= 15 is 0 Å². The van der Waals surface area contributed by atoms with E-state index in [2.05, 4.69) is 5.32 Å². The average Bonchev–Trinajstić information content (AvgIpc) is 2.86. The molecule has 3 aromatic carbocycles. The van der Waals surface area contributed by atoms with Gasteiger partial charge in [-0.2, -0.15) is 0 Å². The van der Waals surface area contributed by atoms with Gasteiger partial charge in [0, 0.05) is 17.7 Å². The van der Waals surface area contributed by atoms with Crippen molar-refractivity contribution in [3.63, 3.8) is 0 Å². The van der Waals surface area contributed by atoms with Gasteiger partial charge in [-0.15, -0.1) is 0 Å². The second kappa shape index (κ2) is 11.1. The first kappa shape index (κ1) is 25.1. The Morgan fingerprint density at radius 2 is 1.77 bits per heavy atom. The van der Waals surface area contributed by atoms with Crippen LogP contribution in [0.2, 0.25) is 0 Å². The number of nitrogens with one attached hydrogen (secondary N) is 2. The van der Waals surface area contributed by atoms with Crippen LogP contribution in [0.15, 0.2) is 72.8 Å². The molecular formula is C26H26N4O5. The van der Waals surface area contributed by atoms with Crippen molar-refractivity contribution in [2.45, 2.75) is 19.4 Å². The van der Waals surface area contributed by atoms with E-state index in [1.807, 2.05) is 30.3 Å². The number of amidine groups is 1. The molecule has 0 radical (unpaired) electrons. The van der Waals surface area contributed by atoms with Gasteiger partial charge in [-0.05, 0) is 42.2 Å². The molecule has 1 amide bonds. The van der Waals surface area contributed by atoms with E-state index in [0.29, 0.717) is 11.1 Å². The van der Waals surface area contributed by atoms with Gasteiger partial charge < -0.3 is 15.8 Å².